The average Bonchev–Trinajstić information content (AvgIpc) is 2.46. The molecular formula is C14H18N4O. The monoisotopic (exact) mass is 258 g/mol. The van der Waals surface area contributed by atoms with Crippen LogP contribution in [0, 0.1) is 17.2 Å². The van der Waals surface area contributed by atoms with Gasteiger partial charge in [-0.1, -0.05) is 0 Å². The minimum absolute atomic E-state index is 0.115. The van der Waals surface area contributed by atoms with Crippen molar-refractivity contribution >= 4 is 5.91 Å². The van der Waals surface area contributed by atoms with Crippen LogP contribution in [-0.2, 0) is 0 Å². The number of aromatic nitrogens is 1. The predicted molar refractivity (Wildman–Crippen MR) is 71.5 cm³/mol. The molecule has 2 heterocycles. The molecule has 0 radical (unpaired) electrons. The summed E-state index contributed by atoms with van der Waals surface area (Å²) < 4.78 is 0. The molecule has 0 aliphatic carbocycles. The van der Waals surface area contributed by atoms with Crippen molar-refractivity contribution in [2.24, 2.45) is 5.92 Å². The van der Waals surface area contributed by atoms with Crippen molar-refractivity contribution in [2.75, 3.05) is 26.7 Å². The first-order valence-corrected chi connectivity index (χ1v) is 6.52. The highest BCUT2D eigenvalue weighted by atomic mass is 16.1. The van der Waals surface area contributed by atoms with Crippen LogP contribution in [0.4, 0.5) is 0 Å². The van der Waals surface area contributed by atoms with Gasteiger partial charge in [0.25, 0.3) is 5.91 Å². The molecule has 0 aromatic carbocycles. The van der Waals surface area contributed by atoms with E-state index in [9.17, 15) is 4.79 Å². The zero-order valence-electron chi connectivity index (χ0n) is 11.1. The van der Waals surface area contributed by atoms with Crippen LogP contribution in [0.2, 0.25) is 0 Å². The molecule has 1 amide bonds. The van der Waals surface area contributed by atoms with Gasteiger partial charge in [0.2, 0.25) is 0 Å². The first-order chi connectivity index (χ1) is 9.19. The third-order valence-corrected chi connectivity index (χ3v) is 3.53. The molecule has 0 bridgehead atoms. The van der Waals surface area contributed by atoms with Crippen molar-refractivity contribution in [1.29, 1.82) is 5.26 Å². The fraction of sp³-hybridized carbons (Fsp3) is 0.500. The topological polar surface area (TPSA) is 69.0 Å². The Bertz CT molecular complexity index is 469. The van der Waals surface area contributed by atoms with Crippen LogP contribution in [0.25, 0.3) is 0 Å². The number of hydrogen-bond acceptors (Lipinski definition) is 4. The quantitative estimate of drug-likeness (QED) is 0.879. The molecule has 1 aromatic heterocycles. The molecular weight excluding hydrogens is 240 g/mol. The summed E-state index contributed by atoms with van der Waals surface area (Å²) in [5.74, 6) is 0.447. The maximum absolute atomic E-state index is 11.9. The summed E-state index contributed by atoms with van der Waals surface area (Å²) in [6.45, 7) is 2.91. The number of carbonyl (C=O) groups excluding carboxylic acids is 1. The molecule has 1 fully saturated rings. The molecule has 1 aliphatic rings. The lowest BCUT2D eigenvalue weighted by Gasteiger charge is -2.28. The molecule has 19 heavy (non-hydrogen) atoms. The highest BCUT2D eigenvalue weighted by molar-refractivity contribution is 5.93. The van der Waals surface area contributed by atoms with Gasteiger partial charge in [-0.2, -0.15) is 5.26 Å². The van der Waals surface area contributed by atoms with E-state index in [1.807, 2.05) is 6.07 Å². The Kier molecular flexibility index (Phi) is 4.48. The van der Waals surface area contributed by atoms with Gasteiger partial charge >= 0.3 is 0 Å². The van der Waals surface area contributed by atoms with Crippen molar-refractivity contribution < 1.29 is 4.79 Å². The SMILES string of the molecule is CN1CCC(CNC(=O)c2ccc(C#N)nc2)CC1. The van der Waals surface area contributed by atoms with Crippen molar-refractivity contribution in [3.63, 3.8) is 0 Å². The smallest absolute Gasteiger partial charge is 0.252 e. The van der Waals surface area contributed by atoms with Gasteiger partial charge in [0.15, 0.2) is 0 Å². The van der Waals surface area contributed by atoms with Crippen LogP contribution < -0.4 is 5.32 Å². The second-order valence-electron chi connectivity index (χ2n) is 5.00. The number of nitriles is 1. The van der Waals surface area contributed by atoms with Crippen molar-refractivity contribution in [3.05, 3.63) is 29.6 Å². The van der Waals surface area contributed by atoms with E-state index in [1.54, 1.807) is 12.1 Å². The molecule has 1 N–H and O–H groups in total. The van der Waals surface area contributed by atoms with E-state index < -0.39 is 0 Å². The number of likely N-dealkylation sites (tertiary alicyclic amines) is 1. The summed E-state index contributed by atoms with van der Waals surface area (Å²) in [5, 5.41) is 11.6. The minimum Gasteiger partial charge on any atom is -0.352 e. The molecule has 1 aliphatic heterocycles. The van der Waals surface area contributed by atoms with Crippen LogP contribution in [-0.4, -0.2) is 42.5 Å². The molecule has 1 saturated heterocycles. The lowest BCUT2D eigenvalue weighted by atomic mass is 9.97. The molecule has 0 atom stereocenters. The number of amides is 1. The molecule has 2 rings (SSSR count). The molecule has 1 aromatic rings. The Hall–Kier alpha value is -1.93. The van der Waals surface area contributed by atoms with Gasteiger partial charge in [-0.3, -0.25) is 4.79 Å². The van der Waals surface area contributed by atoms with E-state index in [2.05, 4.69) is 22.2 Å². The standard InChI is InChI=1S/C14H18N4O/c1-18-6-4-11(5-7-18)9-17-14(19)12-2-3-13(8-15)16-10-12/h2-3,10-11H,4-7,9H2,1H3,(H,17,19). The van der Waals surface area contributed by atoms with Gasteiger partial charge in [0.1, 0.15) is 11.8 Å². The summed E-state index contributed by atoms with van der Waals surface area (Å²) in [5.41, 5.74) is 0.832. The second-order valence-corrected chi connectivity index (χ2v) is 5.00. The minimum atomic E-state index is -0.115. The zero-order valence-corrected chi connectivity index (χ0v) is 11.1. The Balaban J connectivity index is 1.82. The fourth-order valence-corrected chi connectivity index (χ4v) is 2.20. The molecule has 0 spiro atoms. The maximum atomic E-state index is 11.9. The normalized spacial score (nSPS) is 16.8. The Morgan fingerprint density at radius 3 is 2.84 bits per heavy atom. The number of pyridine rings is 1. The van der Waals surface area contributed by atoms with Gasteiger partial charge in [-0.25, -0.2) is 4.98 Å². The third-order valence-electron chi connectivity index (χ3n) is 3.53. The van der Waals surface area contributed by atoms with E-state index in [0.29, 0.717) is 23.7 Å². The first kappa shape index (κ1) is 13.5. The number of nitrogens with one attached hydrogen (secondary N) is 1. The van der Waals surface area contributed by atoms with E-state index in [0.717, 1.165) is 25.9 Å². The van der Waals surface area contributed by atoms with Crippen molar-refractivity contribution in [3.8, 4) is 6.07 Å². The maximum Gasteiger partial charge on any atom is 0.252 e. The Morgan fingerprint density at radius 2 is 2.26 bits per heavy atom. The van der Waals surface area contributed by atoms with Crippen LogP contribution in [0.3, 0.4) is 0 Å². The van der Waals surface area contributed by atoms with Gasteiger partial charge in [0, 0.05) is 12.7 Å². The summed E-state index contributed by atoms with van der Waals surface area (Å²) in [6.07, 6.45) is 3.70. The molecule has 0 unspecified atom stereocenters. The molecule has 0 saturated carbocycles. The van der Waals surface area contributed by atoms with Crippen LogP contribution >= 0.6 is 0 Å². The predicted octanol–water partition coefficient (Wildman–Crippen LogP) is 1.02. The number of rotatable bonds is 3. The molecule has 5 heteroatoms. The van der Waals surface area contributed by atoms with Gasteiger partial charge in [-0.05, 0) is 51.0 Å². The van der Waals surface area contributed by atoms with Crippen molar-refractivity contribution in [1.82, 2.24) is 15.2 Å². The molecule has 100 valence electrons. The van der Waals surface area contributed by atoms with E-state index in [-0.39, 0.29) is 5.91 Å². The third kappa shape index (κ3) is 3.76. The number of carbonyl (C=O) groups is 1. The second kappa shape index (κ2) is 6.30. The zero-order chi connectivity index (χ0) is 13.7. The number of nitrogens with zero attached hydrogens (tertiary/aromatic N) is 3. The number of piperidine rings is 1. The first-order valence-electron chi connectivity index (χ1n) is 6.52. The van der Waals surface area contributed by atoms with Crippen LogP contribution in [0.5, 0.6) is 0 Å². The van der Waals surface area contributed by atoms with E-state index in [4.69, 9.17) is 5.26 Å². The summed E-state index contributed by atoms with van der Waals surface area (Å²) in [4.78, 5) is 18.1. The van der Waals surface area contributed by atoms with Crippen LogP contribution in [0.1, 0.15) is 28.9 Å². The summed E-state index contributed by atoms with van der Waals surface area (Å²) in [7, 11) is 2.12. The van der Waals surface area contributed by atoms with E-state index in [1.165, 1.54) is 6.20 Å². The van der Waals surface area contributed by atoms with Gasteiger partial charge in [-0.15, -0.1) is 0 Å². The molecule has 5 nitrogen and oxygen atoms in total. The Labute approximate surface area is 113 Å². The Morgan fingerprint density at radius 1 is 1.53 bits per heavy atom. The average molecular weight is 258 g/mol. The van der Waals surface area contributed by atoms with E-state index >= 15 is 0 Å². The summed E-state index contributed by atoms with van der Waals surface area (Å²) >= 11 is 0. The van der Waals surface area contributed by atoms with Gasteiger partial charge < -0.3 is 10.2 Å². The van der Waals surface area contributed by atoms with Crippen LogP contribution in [0.15, 0.2) is 18.3 Å². The lowest BCUT2D eigenvalue weighted by molar-refractivity contribution is 0.0938. The summed E-state index contributed by atoms with van der Waals surface area (Å²) in [6, 6.07) is 5.13. The van der Waals surface area contributed by atoms with Crippen molar-refractivity contribution in [2.45, 2.75) is 12.8 Å². The lowest BCUT2D eigenvalue weighted by Crippen LogP contribution is -2.36. The largest absolute Gasteiger partial charge is 0.352 e. The fourth-order valence-electron chi connectivity index (χ4n) is 2.20. The van der Waals surface area contributed by atoms with Gasteiger partial charge in [0.05, 0.1) is 5.56 Å². The highest BCUT2D eigenvalue weighted by Gasteiger charge is 2.17. The number of hydrogen-bond donors (Lipinski definition) is 1. The highest BCUT2D eigenvalue weighted by Crippen LogP contribution is 2.14.